The van der Waals surface area contributed by atoms with Gasteiger partial charge in [-0.05, 0) is 30.7 Å². The first kappa shape index (κ1) is 16.2. The molecule has 0 fully saturated rings. The van der Waals surface area contributed by atoms with E-state index in [0.717, 1.165) is 11.6 Å². The van der Waals surface area contributed by atoms with E-state index in [4.69, 9.17) is 0 Å². The van der Waals surface area contributed by atoms with Gasteiger partial charge in [-0.15, -0.1) is 0 Å². The minimum atomic E-state index is -2.43. The van der Waals surface area contributed by atoms with Crippen molar-refractivity contribution in [3.8, 4) is 0 Å². The Bertz CT molecular complexity index is 709. The summed E-state index contributed by atoms with van der Waals surface area (Å²) in [7, 11) is -2.24. The molecule has 2 atom stereocenters. The number of carbonyl (C=O) groups excluding carboxylic acids is 1. The fourth-order valence-corrected chi connectivity index (χ4v) is 2.71. The Labute approximate surface area is 129 Å². The maximum Gasteiger partial charge on any atom is 0.243 e. The second kappa shape index (κ2) is 7.22. The van der Waals surface area contributed by atoms with Gasteiger partial charge in [-0.25, -0.2) is 8.78 Å². The minimum Gasteiger partial charge on any atom is -0.287 e. The van der Waals surface area contributed by atoms with E-state index in [2.05, 4.69) is 0 Å². The average molecular weight is 320 g/mol. The van der Waals surface area contributed by atoms with Crippen LogP contribution < -0.4 is 0 Å². The third kappa shape index (κ3) is 3.95. The summed E-state index contributed by atoms with van der Waals surface area (Å²) in [5.41, 5.74) is -1.08. The lowest BCUT2D eigenvalue weighted by atomic mass is 10.2. The molecule has 0 bridgehead atoms. The quantitative estimate of drug-likeness (QED) is 0.781. The van der Waals surface area contributed by atoms with E-state index in [1.165, 1.54) is 12.1 Å². The summed E-state index contributed by atoms with van der Waals surface area (Å²) in [6.45, 7) is 1.83. The summed E-state index contributed by atoms with van der Waals surface area (Å²) >= 11 is 0. The Morgan fingerprint density at radius 1 is 1.09 bits per heavy atom. The van der Waals surface area contributed by atoms with Crippen LogP contribution in [0.15, 0.2) is 65.3 Å². The van der Waals surface area contributed by atoms with Crippen molar-refractivity contribution in [2.24, 2.45) is 0 Å². The molecule has 0 aromatic heterocycles. The normalized spacial score (nSPS) is 14.4. The third-order valence-electron chi connectivity index (χ3n) is 2.98. The van der Waals surface area contributed by atoms with Crippen LogP contribution in [0.1, 0.15) is 11.1 Å². The van der Waals surface area contributed by atoms with E-state index >= 15 is 0 Å². The molecule has 5 heteroatoms. The number of ketones is 1. The van der Waals surface area contributed by atoms with Gasteiger partial charge >= 0.3 is 0 Å². The number of allylic oxidation sites excluding steroid dienone is 1. The molecule has 0 aliphatic carbocycles. The van der Waals surface area contributed by atoms with Crippen molar-refractivity contribution < 1.29 is 17.8 Å². The number of hydrogen-bond donors (Lipinski definition) is 0. The molecule has 0 radical (unpaired) electrons. The van der Waals surface area contributed by atoms with Gasteiger partial charge in [0.2, 0.25) is 11.3 Å². The van der Waals surface area contributed by atoms with Crippen LogP contribution >= 0.6 is 0 Å². The second-order valence-corrected chi connectivity index (χ2v) is 6.17. The molecule has 0 N–H and O–H groups in total. The van der Waals surface area contributed by atoms with Crippen molar-refractivity contribution in [1.29, 1.82) is 0 Å². The average Bonchev–Trinajstić information content (AvgIpc) is 2.54. The number of Topliss-reactive ketones (excluding diaryl/α,β-unsaturated/α-hetero) is 1. The third-order valence-corrected chi connectivity index (χ3v) is 4.30. The Hall–Kier alpha value is -2.14. The van der Waals surface area contributed by atoms with Crippen LogP contribution in [0.3, 0.4) is 0 Å². The molecule has 22 heavy (non-hydrogen) atoms. The molecule has 0 aliphatic rings. The second-order valence-electron chi connectivity index (χ2n) is 4.69. The first-order chi connectivity index (χ1) is 10.5. The molecule has 114 valence electrons. The van der Waals surface area contributed by atoms with Crippen molar-refractivity contribution in [3.05, 3.63) is 71.6 Å². The van der Waals surface area contributed by atoms with E-state index < -0.39 is 27.9 Å². The largest absolute Gasteiger partial charge is 0.287 e. The number of aryl methyl sites for hydroxylation is 1. The van der Waals surface area contributed by atoms with Crippen LogP contribution in [0.4, 0.5) is 8.78 Å². The summed E-state index contributed by atoms with van der Waals surface area (Å²) in [6, 6.07) is 14.5. The zero-order valence-electron chi connectivity index (χ0n) is 11.8. The van der Waals surface area contributed by atoms with Crippen LogP contribution in [-0.4, -0.2) is 15.5 Å². The molecule has 0 heterocycles. The van der Waals surface area contributed by atoms with Crippen LogP contribution in [0.25, 0.3) is 6.08 Å². The van der Waals surface area contributed by atoms with Crippen LogP contribution in [-0.2, 0) is 15.6 Å². The predicted octanol–water partition coefficient (Wildman–Crippen LogP) is 3.98. The Balaban J connectivity index is 2.16. The molecule has 2 rings (SSSR count). The predicted molar refractivity (Wildman–Crippen MR) is 83.0 cm³/mol. The highest BCUT2D eigenvalue weighted by molar-refractivity contribution is 7.86. The highest BCUT2D eigenvalue weighted by Gasteiger charge is 2.28. The van der Waals surface area contributed by atoms with E-state index in [1.54, 1.807) is 42.5 Å². The minimum absolute atomic E-state index is 0.152. The van der Waals surface area contributed by atoms with E-state index in [9.17, 15) is 17.8 Å². The van der Waals surface area contributed by atoms with E-state index in [-0.39, 0.29) is 4.90 Å². The molecule has 0 saturated heterocycles. The lowest BCUT2D eigenvalue weighted by molar-refractivity contribution is -0.118. The number of alkyl halides is 1. The molecule has 0 saturated carbocycles. The number of hydrogen-bond acceptors (Lipinski definition) is 2. The molecule has 0 spiro atoms. The lowest BCUT2D eigenvalue weighted by Gasteiger charge is -2.07. The standard InChI is InChI=1S/C17H14F2O2S/c1-12-7-9-14(10-8-12)22(21)17(19)16(20)15(18)11-13-5-3-2-4-6-13/h2-11,17H,1H3/b15-11+/t17?,22-/m0/s1. The Morgan fingerprint density at radius 2 is 1.68 bits per heavy atom. The number of rotatable bonds is 5. The molecular weight excluding hydrogens is 306 g/mol. The molecule has 1 unspecified atom stereocenters. The Kier molecular flexibility index (Phi) is 5.33. The van der Waals surface area contributed by atoms with Gasteiger partial charge in [0.1, 0.15) is 0 Å². The van der Waals surface area contributed by atoms with Crippen LogP contribution in [0.5, 0.6) is 0 Å². The number of benzene rings is 2. The molecule has 0 amide bonds. The highest BCUT2D eigenvalue weighted by Crippen LogP contribution is 2.19. The summed E-state index contributed by atoms with van der Waals surface area (Å²) in [5.74, 6) is -2.66. The zero-order valence-corrected chi connectivity index (χ0v) is 12.6. The fraction of sp³-hybridized carbons (Fsp3) is 0.118. The van der Waals surface area contributed by atoms with Gasteiger partial charge in [-0.3, -0.25) is 9.00 Å². The first-order valence-electron chi connectivity index (χ1n) is 6.57. The first-order valence-corrected chi connectivity index (χ1v) is 7.78. The van der Waals surface area contributed by atoms with Gasteiger partial charge in [-0.1, -0.05) is 48.0 Å². The zero-order chi connectivity index (χ0) is 16.1. The van der Waals surface area contributed by atoms with Crippen molar-refractivity contribution in [2.75, 3.05) is 0 Å². The van der Waals surface area contributed by atoms with Gasteiger partial charge in [0.25, 0.3) is 0 Å². The SMILES string of the molecule is Cc1ccc([S@](=O)C(F)C(=O)/C(F)=C\c2ccccc2)cc1. The van der Waals surface area contributed by atoms with Crippen LogP contribution in [0.2, 0.25) is 0 Å². The highest BCUT2D eigenvalue weighted by atomic mass is 32.2. The van der Waals surface area contributed by atoms with Crippen molar-refractivity contribution in [3.63, 3.8) is 0 Å². The topological polar surface area (TPSA) is 34.1 Å². The lowest BCUT2D eigenvalue weighted by Crippen LogP contribution is -2.21. The van der Waals surface area contributed by atoms with Gasteiger partial charge < -0.3 is 0 Å². The fourth-order valence-electron chi connectivity index (χ4n) is 1.76. The van der Waals surface area contributed by atoms with Crippen molar-refractivity contribution >= 4 is 22.7 Å². The number of halogens is 2. The molecule has 2 aromatic carbocycles. The maximum absolute atomic E-state index is 14.0. The van der Waals surface area contributed by atoms with Gasteiger partial charge in [0, 0.05) is 4.90 Å². The van der Waals surface area contributed by atoms with E-state index in [0.29, 0.717) is 5.56 Å². The van der Waals surface area contributed by atoms with Crippen molar-refractivity contribution in [2.45, 2.75) is 17.3 Å². The molecule has 2 nitrogen and oxygen atoms in total. The summed E-state index contributed by atoms with van der Waals surface area (Å²) in [4.78, 5) is 11.9. The van der Waals surface area contributed by atoms with Gasteiger partial charge in [0.15, 0.2) is 5.83 Å². The summed E-state index contributed by atoms with van der Waals surface area (Å²) < 4.78 is 39.8. The van der Waals surface area contributed by atoms with Crippen molar-refractivity contribution in [1.82, 2.24) is 0 Å². The van der Waals surface area contributed by atoms with Gasteiger partial charge in [0.05, 0.1) is 10.8 Å². The Morgan fingerprint density at radius 3 is 2.27 bits per heavy atom. The summed E-state index contributed by atoms with van der Waals surface area (Å²) in [5, 5.41) is 0. The monoisotopic (exact) mass is 320 g/mol. The number of carbonyl (C=O) groups is 1. The van der Waals surface area contributed by atoms with Crippen LogP contribution in [0, 0.1) is 6.92 Å². The maximum atomic E-state index is 14.0. The smallest absolute Gasteiger partial charge is 0.243 e. The molecule has 0 aliphatic heterocycles. The molecular formula is C17H14F2O2S. The molecule has 2 aromatic rings. The summed E-state index contributed by atoms with van der Waals surface area (Å²) in [6.07, 6.45) is 0.932. The van der Waals surface area contributed by atoms with Gasteiger partial charge in [-0.2, -0.15) is 0 Å². The van der Waals surface area contributed by atoms with E-state index in [1.807, 2.05) is 6.92 Å².